The molecule has 0 aliphatic carbocycles. The van der Waals surface area contributed by atoms with Gasteiger partial charge in [0.2, 0.25) is 0 Å². The Hall–Kier alpha value is -1.33. The van der Waals surface area contributed by atoms with Gasteiger partial charge in [-0.1, -0.05) is 88.1 Å². The van der Waals surface area contributed by atoms with Gasteiger partial charge in [0.05, 0.1) is 0 Å². The minimum atomic E-state index is -2.49. The highest BCUT2D eigenvalue weighted by Crippen LogP contribution is 2.57. The van der Waals surface area contributed by atoms with Crippen molar-refractivity contribution in [3.8, 4) is 11.1 Å². The van der Waals surface area contributed by atoms with Gasteiger partial charge in [0.15, 0.2) is 0 Å². The SMILES string of the molecule is CCCCCCC(C)P1(=O)c2ccccc2-c2ccccc21. The van der Waals surface area contributed by atoms with Crippen LogP contribution in [0.1, 0.15) is 46.0 Å². The molecule has 22 heavy (non-hydrogen) atoms. The first-order chi connectivity index (χ1) is 10.7. The summed E-state index contributed by atoms with van der Waals surface area (Å²) in [4.78, 5) is 0. The van der Waals surface area contributed by atoms with Crippen LogP contribution in [0, 0.1) is 0 Å². The summed E-state index contributed by atoms with van der Waals surface area (Å²) >= 11 is 0. The maximum absolute atomic E-state index is 14.0. The summed E-state index contributed by atoms with van der Waals surface area (Å²) in [6.45, 7) is 4.42. The topological polar surface area (TPSA) is 17.1 Å². The largest absolute Gasteiger partial charge is 0.313 e. The summed E-state index contributed by atoms with van der Waals surface area (Å²) in [5, 5.41) is 2.17. The molecule has 0 spiro atoms. The van der Waals surface area contributed by atoms with Crippen LogP contribution >= 0.6 is 7.14 Å². The Morgan fingerprint density at radius 1 is 0.864 bits per heavy atom. The Bertz CT molecular complexity index is 655. The van der Waals surface area contributed by atoms with Crippen LogP contribution in [0.15, 0.2) is 48.5 Å². The number of benzene rings is 2. The molecule has 0 fully saturated rings. The summed E-state index contributed by atoms with van der Waals surface area (Å²) in [5.74, 6) is 0. The van der Waals surface area contributed by atoms with E-state index < -0.39 is 7.14 Å². The lowest BCUT2D eigenvalue weighted by Crippen LogP contribution is -2.19. The van der Waals surface area contributed by atoms with E-state index in [9.17, 15) is 4.57 Å². The fraction of sp³-hybridized carbons (Fsp3) is 0.400. The highest BCUT2D eigenvalue weighted by atomic mass is 31.2. The smallest absolute Gasteiger partial charge is 0.147 e. The zero-order valence-electron chi connectivity index (χ0n) is 13.6. The molecule has 1 heterocycles. The van der Waals surface area contributed by atoms with Gasteiger partial charge in [0, 0.05) is 16.3 Å². The first kappa shape index (κ1) is 15.6. The van der Waals surface area contributed by atoms with E-state index in [0.717, 1.165) is 17.0 Å². The number of rotatable bonds is 6. The van der Waals surface area contributed by atoms with Crippen molar-refractivity contribution >= 4 is 17.8 Å². The fourth-order valence-electron chi connectivity index (χ4n) is 3.64. The summed E-state index contributed by atoms with van der Waals surface area (Å²) < 4.78 is 14.0. The molecule has 2 heteroatoms. The van der Waals surface area contributed by atoms with E-state index in [1.54, 1.807) is 0 Å². The van der Waals surface area contributed by atoms with Gasteiger partial charge in [-0.25, -0.2) is 0 Å². The molecule has 2 aromatic rings. The Morgan fingerprint density at radius 3 is 1.95 bits per heavy atom. The minimum absolute atomic E-state index is 0.231. The normalized spacial score (nSPS) is 16.1. The van der Waals surface area contributed by atoms with E-state index in [2.05, 4.69) is 50.2 Å². The summed E-state index contributed by atoms with van der Waals surface area (Å²) in [7, 11) is -2.49. The van der Waals surface area contributed by atoms with E-state index >= 15 is 0 Å². The van der Waals surface area contributed by atoms with Crippen molar-refractivity contribution in [3.63, 3.8) is 0 Å². The van der Waals surface area contributed by atoms with E-state index in [0.29, 0.717) is 0 Å². The third kappa shape index (κ3) is 2.46. The number of hydrogen-bond acceptors (Lipinski definition) is 1. The van der Waals surface area contributed by atoms with Gasteiger partial charge < -0.3 is 4.57 Å². The standard InChI is InChI=1S/C20H25OP/c1-3-4-5-6-11-16(2)22(21)19-14-9-7-12-17(19)18-13-8-10-15-20(18)22/h7-10,12-16H,3-6,11H2,1-2H3. The van der Waals surface area contributed by atoms with Gasteiger partial charge in [-0.2, -0.15) is 0 Å². The molecule has 1 aliphatic heterocycles. The monoisotopic (exact) mass is 312 g/mol. The number of unbranched alkanes of at least 4 members (excludes halogenated alkanes) is 3. The highest BCUT2D eigenvalue weighted by Gasteiger charge is 2.41. The summed E-state index contributed by atoms with van der Waals surface area (Å²) in [6.07, 6.45) is 6.02. The van der Waals surface area contributed by atoms with Crippen molar-refractivity contribution < 1.29 is 4.57 Å². The molecule has 1 atom stereocenters. The Labute approximate surface area is 134 Å². The molecule has 0 bridgehead atoms. The third-order valence-electron chi connectivity index (χ3n) is 4.91. The van der Waals surface area contributed by atoms with E-state index in [1.807, 2.05) is 12.1 Å². The zero-order valence-corrected chi connectivity index (χ0v) is 14.5. The highest BCUT2D eigenvalue weighted by molar-refractivity contribution is 7.80. The molecule has 0 saturated carbocycles. The van der Waals surface area contributed by atoms with Crippen molar-refractivity contribution in [1.82, 2.24) is 0 Å². The van der Waals surface area contributed by atoms with Gasteiger partial charge in [0.1, 0.15) is 7.14 Å². The van der Waals surface area contributed by atoms with Gasteiger partial charge in [-0.05, 0) is 17.5 Å². The molecule has 0 N–H and O–H groups in total. The lowest BCUT2D eigenvalue weighted by atomic mass is 10.1. The maximum Gasteiger partial charge on any atom is 0.147 e. The van der Waals surface area contributed by atoms with E-state index in [4.69, 9.17) is 0 Å². The molecule has 116 valence electrons. The zero-order chi connectivity index (χ0) is 15.6. The van der Waals surface area contributed by atoms with E-state index in [1.165, 1.54) is 36.8 Å². The van der Waals surface area contributed by atoms with Crippen LogP contribution in [0.25, 0.3) is 11.1 Å². The minimum Gasteiger partial charge on any atom is -0.313 e. The molecule has 1 aliphatic rings. The first-order valence-corrected chi connectivity index (χ1v) is 10.3. The average molecular weight is 312 g/mol. The third-order valence-corrected chi connectivity index (χ3v) is 8.62. The summed E-state index contributed by atoms with van der Waals surface area (Å²) in [5.41, 5.74) is 2.60. The van der Waals surface area contributed by atoms with E-state index in [-0.39, 0.29) is 5.66 Å². The van der Waals surface area contributed by atoms with Gasteiger partial charge in [-0.3, -0.25) is 0 Å². The van der Waals surface area contributed by atoms with Crippen molar-refractivity contribution in [2.75, 3.05) is 0 Å². The number of hydrogen-bond donors (Lipinski definition) is 0. The van der Waals surface area contributed by atoms with Crippen LogP contribution in [-0.4, -0.2) is 5.66 Å². The van der Waals surface area contributed by atoms with Gasteiger partial charge in [-0.15, -0.1) is 0 Å². The van der Waals surface area contributed by atoms with Crippen molar-refractivity contribution in [2.45, 2.75) is 51.6 Å². The quantitative estimate of drug-likeness (QED) is 0.520. The van der Waals surface area contributed by atoms with Crippen LogP contribution in [0.3, 0.4) is 0 Å². The second-order valence-corrected chi connectivity index (χ2v) is 9.55. The second kappa shape index (κ2) is 6.42. The number of fused-ring (bicyclic) bond motifs is 3. The predicted molar refractivity (Wildman–Crippen MR) is 97.0 cm³/mol. The van der Waals surface area contributed by atoms with Crippen LogP contribution in [0.4, 0.5) is 0 Å². The molecule has 0 radical (unpaired) electrons. The van der Waals surface area contributed by atoms with Crippen LogP contribution in [0.2, 0.25) is 0 Å². The molecule has 0 aromatic heterocycles. The van der Waals surface area contributed by atoms with Crippen LogP contribution in [-0.2, 0) is 4.57 Å². The fourth-order valence-corrected chi connectivity index (χ4v) is 7.11. The molecular weight excluding hydrogens is 287 g/mol. The first-order valence-electron chi connectivity index (χ1n) is 8.49. The Balaban J connectivity index is 1.96. The molecule has 3 rings (SSSR count). The average Bonchev–Trinajstić information content (AvgIpc) is 2.83. The van der Waals surface area contributed by atoms with Crippen LogP contribution < -0.4 is 10.6 Å². The molecule has 2 aromatic carbocycles. The van der Waals surface area contributed by atoms with Crippen molar-refractivity contribution in [2.24, 2.45) is 0 Å². The summed E-state index contributed by atoms with van der Waals surface area (Å²) in [6, 6.07) is 16.6. The molecule has 0 saturated heterocycles. The predicted octanol–water partition coefficient (Wildman–Crippen LogP) is 5.34. The maximum atomic E-state index is 14.0. The van der Waals surface area contributed by atoms with Crippen molar-refractivity contribution in [3.05, 3.63) is 48.5 Å². The lowest BCUT2D eigenvalue weighted by molar-refractivity contribution is 0.566. The Kier molecular flexibility index (Phi) is 4.54. The van der Waals surface area contributed by atoms with Crippen LogP contribution in [0.5, 0.6) is 0 Å². The lowest BCUT2D eigenvalue weighted by Gasteiger charge is -2.23. The molecule has 0 amide bonds. The van der Waals surface area contributed by atoms with Gasteiger partial charge in [0.25, 0.3) is 0 Å². The molecule has 1 nitrogen and oxygen atoms in total. The second-order valence-electron chi connectivity index (χ2n) is 6.39. The molecule has 1 unspecified atom stereocenters. The van der Waals surface area contributed by atoms with Crippen molar-refractivity contribution in [1.29, 1.82) is 0 Å². The Morgan fingerprint density at radius 2 is 1.41 bits per heavy atom. The van der Waals surface area contributed by atoms with Gasteiger partial charge >= 0.3 is 0 Å². The molecular formula is C20H25OP.